The third-order valence-electron chi connectivity index (χ3n) is 1.26. The topological polar surface area (TPSA) is 138 Å². The minimum atomic E-state index is -3.05. The third-order valence-corrected chi connectivity index (χ3v) is 1.26. The van der Waals surface area contributed by atoms with Gasteiger partial charge in [0, 0.05) is 18.0 Å². The number of hydrogen-bond donors (Lipinski definition) is 2. The molecule has 1 atom stereocenters. The zero-order valence-electron chi connectivity index (χ0n) is 6.65. The largest absolute Gasteiger partial charge is 2.00 e. The maximum Gasteiger partial charge on any atom is 2.00 e. The summed E-state index contributed by atoms with van der Waals surface area (Å²) in [5, 5.41) is 37.4. The number of carboxylic acid groups (broad SMARTS) is 3. The van der Waals surface area contributed by atoms with Gasteiger partial charge in [-0.05, 0) is 6.42 Å². The van der Waals surface area contributed by atoms with Crippen LogP contribution in [0.25, 0.3) is 0 Å². The molecule has 0 fully saturated rings. The molecule has 0 aromatic rings. The Morgan fingerprint density at radius 1 is 1.14 bits per heavy atom. The van der Waals surface area contributed by atoms with E-state index in [0.29, 0.717) is 0 Å². The Morgan fingerprint density at radius 3 is 1.79 bits per heavy atom. The molecule has 0 saturated heterocycles. The van der Waals surface area contributed by atoms with Gasteiger partial charge in [-0.1, -0.05) is 0 Å². The summed E-state index contributed by atoms with van der Waals surface area (Å²) in [6.07, 6.45) is -2.66. The molecule has 14 heavy (non-hydrogen) atoms. The molecule has 8 heteroatoms. The molecule has 7 nitrogen and oxygen atoms in total. The van der Waals surface area contributed by atoms with E-state index in [2.05, 4.69) is 0 Å². The maximum absolute atomic E-state index is 11.0. The molecular formula is C6H6CuO7. The Kier molecular flexibility index (Phi) is 6.13. The van der Waals surface area contributed by atoms with Crippen LogP contribution in [0.5, 0.6) is 0 Å². The first kappa shape index (κ1) is 15.4. The standard InChI is InChI=1S/C6H7O7.Cu/c7-3(8)1-6(13,5(11)12)2-4(9)10;/h1-2H2,(H,7,8)(H,9,10)(H,11,12);/q-1;+2/p-1. The van der Waals surface area contributed by atoms with E-state index in [0.717, 1.165) is 0 Å². The molecule has 0 spiro atoms. The predicted molar refractivity (Wildman–Crippen MR) is 32.2 cm³/mol. The summed E-state index contributed by atoms with van der Waals surface area (Å²) in [7, 11) is 0. The van der Waals surface area contributed by atoms with Crippen LogP contribution in [0.2, 0.25) is 0 Å². The van der Waals surface area contributed by atoms with E-state index in [1.54, 1.807) is 0 Å². The number of carboxylic acids is 3. The molecule has 0 aromatic heterocycles. The molecule has 0 heterocycles. The van der Waals surface area contributed by atoms with E-state index in [9.17, 15) is 24.6 Å². The van der Waals surface area contributed by atoms with E-state index in [-0.39, 0.29) is 17.1 Å². The summed E-state index contributed by atoms with van der Waals surface area (Å²) in [5.74, 6) is -5.57. The Balaban J connectivity index is 0. The van der Waals surface area contributed by atoms with Crippen molar-refractivity contribution >= 4 is 17.9 Å². The smallest absolute Gasteiger partial charge is 0.841 e. The summed E-state index contributed by atoms with van der Waals surface area (Å²) in [6.45, 7) is 0. The second kappa shape index (κ2) is 5.58. The maximum atomic E-state index is 11.0. The van der Waals surface area contributed by atoms with Gasteiger partial charge in [0.25, 0.3) is 5.97 Å². The van der Waals surface area contributed by atoms with Gasteiger partial charge in [-0.15, -0.1) is 0 Å². The minimum Gasteiger partial charge on any atom is -0.841 e. The molecule has 83 valence electrons. The van der Waals surface area contributed by atoms with Gasteiger partial charge in [-0.25, -0.2) is 0 Å². The van der Waals surface area contributed by atoms with Crippen molar-refractivity contribution in [3.63, 3.8) is 0 Å². The summed E-state index contributed by atoms with van der Waals surface area (Å²) in [5.41, 5.74) is -3.05. The summed E-state index contributed by atoms with van der Waals surface area (Å²) in [6, 6.07) is 0. The second-order valence-corrected chi connectivity index (χ2v) is 2.42. The summed E-state index contributed by atoms with van der Waals surface area (Å²) >= 11 is 0. The van der Waals surface area contributed by atoms with Gasteiger partial charge in [0.05, 0.1) is 0 Å². The molecular weight excluding hydrogens is 248 g/mol. The van der Waals surface area contributed by atoms with Crippen molar-refractivity contribution in [2.24, 2.45) is 0 Å². The fraction of sp³-hybridized carbons (Fsp3) is 0.500. The molecule has 0 rings (SSSR count). The van der Waals surface area contributed by atoms with Gasteiger partial charge in [0.1, 0.15) is 0 Å². The van der Waals surface area contributed by atoms with E-state index in [1.165, 1.54) is 0 Å². The van der Waals surface area contributed by atoms with Gasteiger partial charge in [-0.3, -0.25) is 9.59 Å². The van der Waals surface area contributed by atoms with Crippen LogP contribution in [0.1, 0.15) is 12.8 Å². The molecule has 2 N–H and O–H groups in total. The first-order chi connectivity index (χ1) is 5.78. The number of rotatable bonds is 5. The molecule has 0 saturated carbocycles. The fourth-order valence-electron chi connectivity index (χ4n) is 0.691. The first-order valence-electron chi connectivity index (χ1n) is 3.13. The zero-order chi connectivity index (χ0) is 10.6. The zero-order valence-corrected chi connectivity index (χ0v) is 7.59. The van der Waals surface area contributed by atoms with Gasteiger partial charge >= 0.3 is 23.0 Å². The van der Waals surface area contributed by atoms with E-state index < -0.39 is 36.4 Å². The Bertz CT molecular complexity index is 233. The van der Waals surface area contributed by atoms with Crippen LogP contribution in [-0.2, 0) is 31.5 Å². The van der Waals surface area contributed by atoms with Crippen LogP contribution in [0, 0.1) is 0 Å². The van der Waals surface area contributed by atoms with Crippen LogP contribution in [0.15, 0.2) is 0 Å². The van der Waals surface area contributed by atoms with E-state index >= 15 is 0 Å². The SMILES string of the molecule is O=C([O-])CC([O-])(CC(=O)O)C(=O)O.[Cu+2]. The van der Waals surface area contributed by atoms with Crippen molar-refractivity contribution < 1.29 is 51.9 Å². The Morgan fingerprint density at radius 2 is 1.57 bits per heavy atom. The molecule has 0 amide bonds. The number of carbonyl (C=O) groups excluding carboxylic acids is 1. The molecule has 1 radical (unpaired) electrons. The summed E-state index contributed by atoms with van der Waals surface area (Å²) < 4.78 is 0. The fourth-order valence-corrected chi connectivity index (χ4v) is 0.691. The predicted octanol–water partition coefficient (Wildman–Crippen LogP) is -3.22. The minimum absolute atomic E-state index is 0. The van der Waals surface area contributed by atoms with E-state index in [1.807, 2.05) is 0 Å². The van der Waals surface area contributed by atoms with Crippen LogP contribution in [0.4, 0.5) is 0 Å². The average molecular weight is 254 g/mol. The number of carbonyl (C=O) groups is 3. The third kappa shape index (κ3) is 4.80. The molecule has 0 aromatic carbocycles. The molecule has 0 aliphatic carbocycles. The average Bonchev–Trinajstić information content (AvgIpc) is 1.82. The van der Waals surface area contributed by atoms with Gasteiger partial charge < -0.3 is 25.2 Å². The normalized spacial score (nSPS) is 13.5. The monoisotopic (exact) mass is 253 g/mol. The molecule has 0 bridgehead atoms. The molecule has 0 aliphatic heterocycles. The molecule has 0 aliphatic rings. The van der Waals surface area contributed by atoms with Gasteiger partial charge in [-0.2, -0.15) is 0 Å². The molecule has 1 unspecified atom stereocenters. The van der Waals surface area contributed by atoms with Crippen molar-refractivity contribution in [2.45, 2.75) is 18.4 Å². The Hall–Kier alpha value is -1.11. The van der Waals surface area contributed by atoms with Crippen molar-refractivity contribution in [1.82, 2.24) is 0 Å². The Labute approximate surface area is 88.8 Å². The summed E-state index contributed by atoms with van der Waals surface area (Å²) in [4.78, 5) is 30.2. The van der Waals surface area contributed by atoms with Gasteiger partial charge in [0.15, 0.2) is 0 Å². The van der Waals surface area contributed by atoms with Crippen molar-refractivity contribution in [1.29, 1.82) is 0 Å². The van der Waals surface area contributed by atoms with Crippen molar-refractivity contribution in [3.05, 3.63) is 0 Å². The first-order valence-corrected chi connectivity index (χ1v) is 3.13. The van der Waals surface area contributed by atoms with Gasteiger partial charge in [0.2, 0.25) is 0 Å². The van der Waals surface area contributed by atoms with Crippen molar-refractivity contribution in [3.8, 4) is 0 Å². The second-order valence-electron chi connectivity index (χ2n) is 2.42. The quantitative estimate of drug-likeness (QED) is 0.492. The van der Waals surface area contributed by atoms with Crippen LogP contribution >= 0.6 is 0 Å². The van der Waals surface area contributed by atoms with Crippen LogP contribution in [-0.4, -0.2) is 33.7 Å². The van der Waals surface area contributed by atoms with Crippen LogP contribution in [0.3, 0.4) is 0 Å². The number of hydrogen-bond acceptors (Lipinski definition) is 5. The van der Waals surface area contributed by atoms with Crippen LogP contribution < -0.4 is 10.2 Å². The van der Waals surface area contributed by atoms with E-state index in [4.69, 9.17) is 10.2 Å². The van der Waals surface area contributed by atoms with Crippen molar-refractivity contribution in [2.75, 3.05) is 0 Å². The number of aliphatic carboxylic acids is 3.